The number of hydrogen-bond donors (Lipinski definition) is 3. The Kier molecular flexibility index (Phi) is 6.75. The Morgan fingerprint density at radius 1 is 0.629 bits per heavy atom. The van der Waals surface area contributed by atoms with Crippen molar-refractivity contribution in [3.63, 3.8) is 0 Å². The van der Waals surface area contributed by atoms with Gasteiger partial charge in [0.15, 0.2) is 0 Å². The Bertz CT molecular complexity index is 1470. The summed E-state index contributed by atoms with van der Waals surface area (Å²) in [4.78, 5) is 9.29. The van der Waals surface area contributed by atoms with Gasteiger partial charge in [-0.3, -0.25) is 4.72 Å². The third-order valence-corrected chi connectivity index (χ3v) is 7.18. The van der Waals surface area contributed by atoms with Gasteiger partial charge in [-0.05, 0) is 93.8 Å². The van der Waals surface area contributed by atoms with E-state index in [1.54, 1.807) is 37.3 Å². The van der Waals surface area contributed by atoms with Crippen molar-refractivity contribution in [3.05, 3.63) is 94.7 Å². The van der Waals surface area contributed by atoms with Gasteiger partial charge < -0.3 is 10.6 Å². The van der Waals surface area contributed by atoms with E-state index in [0.29, 0.717) is 23.0 Å². The first-order valence-electron chi connectivity index (χ1n) is 11.3. The van der Waals surface area contributed by atoms with Crippen molar-refractivity contribution in [1.82, 2.24) is 9.97 Å². The summed E-state index contributed by atoms with van der Waals surface area (Å²) in [5, 5.41) is 6.48. The number of benzene rings is 3. The molecule has 0 saturated carbocycles. The van der Waals surface area contributed by atoms with Gasteiger partial charge in [0.25, 0.3) is 10.0 Å². The normalized spacial score (nSPS) is 11.2. The zero-order valence-electron chi connectivity index (χ0n) is 20.5. The lowest BCUT2D eigenvalue weighted by molar-refractivity contribution is 0.600. The Labute approximate surface area is 206 Å². The van der Waals surface area contributed by atoms with E-state index < -0.39 is 10.0 Å². The van der Waals surface area contributed by atoms with Gasteiger partial charge in [0, 0.05) is 28.8 Å². The molecule has 0 fully saturated rings. The van der Waals surface area contributed by atoms with Crippen LogP contribution in [0.4, 0.5) is 28.8 Å². The first-order valence-corrected chi connectivity index (χ1v) is 12.7. The highest BCUT2D eigenvalue weighted by atomic mass is 32.2. The summed E-state index contributed by atoms with van der Waals surface area (Å²) < 4.78 is 28.6. The molecule has 3 aromatic carbocycles. The van der Waals surface area contributed by atoms with Crippen molar-refractivity contribution < 1.29 is 8.42 Å². The number of aryl methyl sites for hydroxylation is 5. The van der Waals surface area contributed by atoms with E-state index in [1.165, 1.54) is 5.56 Å². The van der Waals surface area contributed by atoms with Crippen LogP contribution in [0.15, 0.2) is 71.6 Å². The number of nitrogens with zero attached hydrogens (tertiary/aromatic N) is 2. The summed E-state index contributed by atoms with van der Waals surface area (Å²) in [5.41, 5.74) is 6.86. The highest BCUT2D eigenvalue weighted by Gasteiger charge is 2.18. The number of anilines is 5. The van der Waals surface area contributed by atoms with Crippen LogP contribution >= 0.6 is 0 Å². The monoisotopic (exact) mass is 487 g/mol. The molecule has 0 atom stereocenters. The van der Waals surface area contributed by atoms with E-state index in [1.807, 2.05) is 64.1 Å². The molecule has 0 unspecified atom stereocenters. The number of rotatable bonds is 7. The Hall–Kier alpha value is -3.91. The van der Waals surface area contributed by atoms with Crippen LogP contribution in [-0.2, 0) is 10.0 Å². The van der Waals surface area contributed by atoms with Crippen molar-refractivity contribution in [2.24, 2.45) is 0 Å². The first-order chi connectivity index (χ1) is 16.6. The second-order valence-corrected chi connectivity index (χ2v) is 10.4. The molecule has 1 heterocycles. The zero-order valence-corrected chi connectivity index (χ0v) is 21.3. The Balaban J connectivity index is 1.48. The molecule has 0 bridgehead atoms. The molecular formula is C27H29N5O2S. The van der Waals surface area contributed by atoms with Crippen molar-refractivity contribution in [2.75, 3.05) is 15.4 Å². The molecule has 0 radical (unpaired) electrons. The minimum atomic E-state index is -3.70. The van der Waals surface area contributed by atoms with Crippen molar-refractivity contribution >= 4 is 38.9 Å². The summed E-state index contributed by atoms with van der Waals surface area (Å²) in [6.07, 6.45) is 0. The average Bonchev–Trinajstić information content (AvgIpc) is 2.78. The quantitative estimate of drug-likeness (QED) is 0.283. The molecule has 7 nitrogen and oxygen atoms in total. The molecule has 180 valence electrons. The van der Waals surface area contributed by atoms with Crippen LogP contribution in [0.3, 0.4) is 0 Å². The third kappa shape index (κ3) is 5.96. The summed E-state index contributed by atoms with van der Waals surface area (Å²) in [5.74, 6) is 1.12. The average molecular weight is 488 g/mol. The maximum Gasteiger partial charge on any atom is 0.262 e. The molecule has 0 amide bonds. The van der Waals surface area contributed by atoms with Gasteiger partial charge in [-0.15, -0.1) is 0 Å². The number of hydrogen-bond acceptors (Lipinski definition) is 6. The molecular weight excluding hydrogens is 458 g/mol. The van der Waals surface area contributed by atoms with E-state index >= 15 is 0 Å². The smallest absolute Gasteiger partial charge is 0.262 e. The topological polar surface area (TPSA) is 96.0 Å². The molecule has 0 spiro atoms. The van der Waals surface area contributed by atoms with Crippen LogP contribution < -0.4 is 15.4 Å². The van der Waals surface area contributed by atoms with Crippen LogP contribution in [0.1, 0.15) is 27.9 Å². The van der Waals surface area contributed by atoms with Gasteiger partial charge in [-0.1, -0.05) is 23.8 Å². The van der Waals surface area contributed by atoms with Crippen molar-refractivity contribution in [3.8, 4) is 0 Å². The molecule has 1 aromatic heterocycles. The van der Waals surface area contributed by atoms with E-state index in [4.69, 9.17) is 0 Å². The molecule has 0 aliphatic heterocycles. The number of sulfonamides is 1. The summed E-state index contributed by atoms with van der Waals surface area (Å²) >= 11 is 0. The predicted molar refractivity (Wildman–Crippen MR) is 142 cm³/mol. The van der Waals surface area contributed by atoms with Gasteiger partial charge in [-0.25, -0.2) is 13.4 Å². The highest BCUT2D eigenvalue weighted by molar-refractivity contribution is 7.92. The Morgan fingerprint density at radius 3 is 1.89 bits per heavy atom. The minimum absolute atomic E-state index is 0.282. The largest absolute Gasteiger partial charge is 0.340 e. The predicted octanol–water partition coefficient (Wildman–Crippen LogP) is 6.31. The van der Waals surface area contributed by atoms with Crippen molar-refractivity contribution in [2.45, 2.75) is 39.5 Å². The van der Waals surface area contributed by atoms with Gasteiger partial charge >= 0.3 is 0 Å². The van der Waals surface area contributed by atoms with Crippen LogP contribution in [0.25, 0.3) is 0 Å². The van der Waals surface area contributed by atoms with Crippen molar-refractivity contribution in [1.29, 1.82) is 0 Å². The van der Waals surface area contributed by atoms with E-state index in [9.17, 15) is 8.42 Å². The highest BCUT2D eigenvalue weighted by Crippen LogP contribution is 2.25. The number of nitrogens with one attached hydrogen (secondary N) is 3. The maximum atomic E-state index is 13.0. The molecule has 4 aromatic rings. The SMILES string of the molecule is Cc1ccc(Nc2cc(C)nc(Nc3ccc(NS(=O)(=O)c4cc(C)c(C)cc4C)cc3)n2)cc1. The molecule has 0 saturated heterocycles. The third-order valence-electron chi connectivity index (χ3n) is 5.65. The van der Waals surface area contributed by atoms with Gasteiger partial charge in [0.2, 0.25) is 5.95 Å². The Morgan fingerprint density at radius 2 is 1.20 bits per heavy atom. The van der Waals surface area contributed by atoms with Crippen LogP contribution in [0.2, 0.25) is 0 Å². The maximum absolute atomic E-state index is 13.0. The van der Waals surface area contributed by atoms with E-state index in [2.05, 4.69) is 25.3 Å². The molecule has 0 aliphatic rings. The standard InChI is InChI=1S/C27H29N5O2S/c1-17-6-8-22(9-7-17)29-26-16-21(5)28-27(31-26)30-23-10-12-24(13-11-23)32-35(33,34)25-15-19(3)18(2)14-20(25)4/h6-16,32H,1-5H3,(H2,28,29,30,31). The second kappa shape index (κ2) is 9.76. The summed E-state index contributed by atoms with van der Waals surface area (Å²) in [6, 6.07) is 20.5. The lowest BCUT2D eigenvalue weighted by atomic mass is 10.1. The van der Waals surface area contributed by atoms with Gasteiger partial charge in [-0.2, -0.15) is 4.98 Å². The van der Waals surface area contributed by atoms with Crippen LogP contribution in [0.5, 0.6) is 0 Å². The van der Waals surface area contributed by atoms with Gasteiger partial charge in [0.1, 0.15) is 5.82 Å². The first kappa shape index (κ1) is 24.2. The molecule has 4 rings (SSSR count). The second-order valence-electron chi connectivity index (χ2n) is 8.72. The molecule has 0 aliphatic carbocycles. The van der Waals surface area contributed by atoms with E-state index in [0.717, 1.165) is 28.2 Å². The lowest BCUT2D eigenvalue weighted by Gasteiger charge is -2.13. The summed E-state index contributed by atoms with van der Waals surface area (Å²) in [6.45, 7) is 9.62. The number of aromatic nitrogens is 2. The van der Waals surface area contributed by atoms with Crippen LogP contribution in [0, 0.1) is 34.6 Å². The lowest BCUT2D eigenvalue weighted by Crippen LogP contribution is -2.14. The fraction of sp³-hybridized carbons (Fsp3) is 0.185. The minimum Gasteiger partial charge on any atom is -0.340 e. The fourth-order valence-corrected chi connectivity index (χ4v) is 5.03. The molecule has 3 N–H and O–H groups in total. The van der Waals surface area contributed by atoms with Crippen LogP contribution in [-0.4, -0.2) is 18.4 Å². The zero-order chi connectivity index (χ0) is 25.2. The fourth-order valence-electron chi connectivity index (χ4n) is 3.66. The summed E-state index contributed by atoms with van der Waals surface area (Å²) in [7, 11) is -3.70. The molecule has 8 heteroatoms. The van der Waals surface area contributed by atoms with E-state index in [-0.39, 0.29) is 4.90 Å². The molecule has 35 heavy (non-hydrogen) atoms. The van der Waals surface area contributed by atoms with Gasteiger partial charge in [0.05, 0.1) is 4.90 Å².